The maximum absolute atomic E-state index is 12.3. The lowest BCUT2D eigenvalue weighted by Crippen LogP contribution is -2.25. The van der Waals surface area contributed by atoms with Gasteiger partial charge in [-0.3, -0.25) is 9.80 Å². The Morgan fingerprint density at radius 3 is 2.72 bits per heavy atom. The van der Waals surface area contributed by atoms with Gasteiger partial charge < -0.3 is 10.2 Å². The smallest absolute Gasteiger partial charge is 0.232 e. The molecule has 0 spiro atoms. The zero-order valence-electron chi connectivity index (χ0n) is 17.4. The molecule has 12 heteroatoms. The molecule has 1 amide bonds. The van der Waals surface area contributed by atoms with Gasteiger partial charge in [-0.15, -0.1) is 10.2 Å². The van der Waals surface area contributed by atoms with Crippen LogP contribution in [0.5, 0.6) is 0 Å². The number of hydrazine groups is 1. The first kappa shape index (κ1) is 20.7. The van der Waals surface area contributed by atoms with Gasteiger partial charge in [0.05, 0.1) is 29.5 Å². The number of nitrogens with one attached hydrogen (secondary N) is 2. The number of carbonyl (C=O) groups is 1. The number of aromatic nitrogens is 5. The summed E-state index contributed by atoms with van der Waals surface area (Å²) in [5.41, 5.74) is 5.93. The summed E-state index contributed by atoms with van der Waals surface area (Å²) >= 11 is 7.68. The first-order valence-corrected chi connectivity index (χ1v) is 11.2. The molecule has 32 heavy (non-hydrogen) atoms. The Kier molecular flexibility index (Phi) is 5.45. The number of hydrogen-bond donors (Lipinski definition) is 2. The summed E-state index contributed by atoms with van der Waals surface area (Å²) < 4.78 is 0. The number of rotatable bonds is 5. The van der Waals surface area contributed by atoms with Crippen molar-refractivity contribution in [3.05, 3.63) is 46.3 Å². The van der Waals surface area contributed by atoms with E-state index < -0.39 is 0 Å². The Labute approximate surface area is 193 Å². The number of hydrogen-bond acceptors (Lipinski definition) is 10. The van der Waals surface area contributed by atoms with Crippen molar-refractivity contribution in [3.63, 3.8) is 0 Å². The van der Waals surface area contributed by atoms with Gasteiger partial charge in [-0.25, -0.2) is 20.4 Å². The van der Waals surface area contributed by atoms with E-state index >= 15 is 0 Å². The van der Waals surface area contributed by atoms with E-state index in [1.807, 2.05) is 32.3 Å². The molecule has 2 aliphatic rings. The molecule has 3 aromatic rings. The summed E-state index contributed by atoms with van der Waals surface area (Å²) in [6, 6.07) is 7.45. The SMILES string of the molecule is CN1CCC(c2nnc(-c3cccc(-c4ccnc(NC5=C(Cl)N(C)NC5)n4)n3)s2)C1=O. The summed E-state index contributed by atoms with van der Waals surface area (Å²) in [5, 5.41) is 15.4. The second-order valence-electron chi connectivity index (χ2n) is 7.51. The van der Waals surface area contributed by atoms with Gasteiger partial charge in [-0.1, -0.05) is 29.0 Å². The Hall–Kier alpha value is -3.15. The molecule has 0 aromatic carbocycles. The molecular formula is C20H20ClN9OS. The fourth-order valence-electron chi connectivity index (χ4n) is 3.56. The van der Waals surface area contributed by atoms with Crippen molar-refractivity contribution in [1.29, 1.82) is 0 Å². The number of likely N-dealkylation sites (N-methyl/N-ethyl adjacent to an activating group) is 1. The van der Waals surface area contributed by atoms with E-state index in [4.69, 9.17) is 16.6 Å². The van der Waals surface area contributed by atoms with E-state index in [-0.39, 0.29) is 11.8 Å². The number of pyridine rings is 1. The fraction of sp³-hybridized carbons (Fsp3) is 0.300. The van der Waals surface area contributed by atoms with Crippen LogP contribution in [0.1, 0.15) is 17.3 Å². The molecule has 10 nitrogen and oxygen atoms in total. The number of anilines is 1. The number of halogens is 1. The monoisotopic (exact) mass is 469 g/mol. The molecule has 3 aromatic heterocycles. The van der Waals surface area contributed by atoms with Crippen molar-refractivity contribution in [3.8, 4) is 22.1 Å². The molecule has 5 rings (SSSR count). The predicted octanol–water partition coefficient (Wildman–Crippen LogP) is 2.27. The molecule has 2 aliphatic heterocycles. The zero-order chi connectivity index (χ0) is 22.2. The van der Waals surface area contributed by atoms with E-state index in [0.717, 1.165) is 23.7 Å². The average molecular weight is 470 g/mol. The summed E-state index contributed by atoms with van der Waals surface area (Å²) in [7, 11) is 3.65. The third kappa shape index (κ3) is 3.90. The molecule has 5 heterocycles. The Bertz CT molecular complexity index is 1210. The van der Waals surface area contributed by atoms with Gasteiger partial charge in [0.2, 0.25) is 11.9 Å². The van der Waals surface area contributed by atoms with Crippen LogP contribution in [0.3, 0.4) is 0 Å². The topological polar surface area (TPSA) is 112 Å². The lowest BCUT2D eigenvalue weighted by atomic mass is 10.1. The molecule has 1 fully saturated rings. The highest BCUT2D eigenvalue weighted by Crippen LogP contribution is 2.33. The molecule has 2 N–H and O–H groups in total. The van der Waals surface area contributed by atoms with E-state index in [1.54, 1.807) is 22.2 Å². The van der Waals surface area contributed by atoms with E-state index in [1.165, 1.54) is 11.3 Å². The highest BCUT2D eigenvalue weighted by atomic mass is 35.5. The molecule has 1 unspecified atom stereocenters. The van der Waals surface area contributed by atoms with Gasteiger partial charge >= 0.3 is 0 Å². The molecular weight excluding hydrogens is 450 g/mol. The average Bonchev–Trinajstić information content (AvgIpc) is 3.51. The van der Waals surface area contributed by atoms with Crippen molar-refractivity contribution in [2.45, 2.75) is 12.3 Å². The molecule has 0 saturated carbocycles. The lowest BCUT2D eigenvalue weighted by Gasteiger charge is -2.09. The van der Waals surface area contributed by atoms with Crippen molar-refractivity contribution in [2.75, 3.05) is 32.5 Å². The second-order valence-corrected chi connectivity index (χ2v) is 8.88. The van der Waals surface area contributed by atoms with Crippen LogP contribution in [-0.4, -0.2) is 68.2 Å². The van der Waals surface area contributed by atoms with E-state index in [2.05, 4.69) is 30.9 Å². The Morgan fingerprint density at radius 2 is 1.97 bits per heavy atom. The standard InChI is InChI=1S/C20H20ClN9OS/c1-29-9-7-11(19(29)31)17-27-28-18(32-17)14-5-3-4-12(24-14)13-6-8-22-20(25-13)26-15-10-23-30(2)16(15)21/h3-6,8,11,23H,7,9-10H2,1-2H3,(H,22,25,26). The van der Waals surface area contributed by atoms with E-state index in [9.17, 15) is 4.79 Å². The molecule has 0 bridgehead atoms. The van der Waals surface area contributed by atoms with Gasteiger partial charge in [0.15, 0.2) is 5.01 Å². The summed E-state index contributed by atoms with van der Waals surface area (Å²) in [6.45, 7) is 1.31. The van der Waals surface area contributed by atoms with Crippen molar-refractivity contribution >= 4 is 34.8 Å². The summed E-state index contributed by atoms with van der Waals surface area (Å²) in [6.07, 6.45) is 2.44. The van der Waals surface area contributed by atoms with Crippen molar-refractivity contribution in [2.24, 2.45) is 0 Å². The van der Waals surface area contributed by atoms with Crippen LogP contribution in [0.15, 0.2) is 41.3 Å². The van der Waals surface area contributed by atoms with Crippen LogP contribution in [-0.2, 0) is 4.79 Å². The normalized spacial score (nSPS) is 18.7. The zero-order valence-corrected chi connectivity index (χ0v) is 19.0. The minimum Gasteiger partial charge on any atom is -0.345 e. The van der Waals surface area contributed by atoms with Gasteiger partial charge in [-0.2, -0.15) is 0 Å². The van der Waals surface area contributed by atoms with E-state index in [0.29, 0.717) is 39.7 Å². The van der Waals surface area contributed by atoms with Gasteiger partial charge in [-0.05, 0) is 24.6 Å². The summed E-state index contributed by atoms with van der Waals surface area (Å²) in [5.74, 6) is 0.312. The lowest BCUT2D eigenvalue weighted by molar-refractivity contribution is -0.127. The largest absolute Gasteiger partial charge is 0.345 e. The highest BCUT2D eigenvalue weighted by Gasteiger charge is 2.33. The van der Waals surface area contributed by atoms with Gasteiger partial charge in [0.25, 0.3) is 0 Å². The van der Waals surface area contributed by atoms with Crippen molar-refractivity contribution in [1.82, 2.24) is 40.5 Å². The summed E-state index contributed by atoms with van der Waals surface area (Å²) in [4.78, 5) is 27.6. The molecule has 164 valence electrons. The maximum Gasteiger partial charge on any atom is 0.232 e. The fourth-order valence-corrected chi connectivity index (χ4v) is 4.68. The molecule has 1 saturated heterocycles. The molecule has 0 aliphatic carbocycles. The number of nitrogens with zero attached hydrogens (tertiary/aromatic N) is 7. The number of likely N-dealkylation sites (tertiary alicyclic amines) is 1. The first-order valence-electron chi connectivity index (χ1n) is 10.0. The van der Waals surface area contributed by atoms with Crippen LogP contribution in [0, 0.1) is 0 Å². The Morgan fingerprint density at radius 1 is 1.16 bits per heavy atom. The van der Waals surface area contributed by atoms with Crippen LogP contribution in [0.2, 0.25) is 0 Å². The minimum absolute atomic E-state index is 0.0919. The Balaban J connectivity index is 1.39. The highest BCUT2D eigenvalue weighted by molar-refractivity contribution is 7.14. The number of carbonyl (C=O) groups excluding carboxylic acids is 1. The third-order valence-corrected chi connectivity index (χ3v) is 6.89. The van der Waals surface area contributed by atoms with Gasteiger partial charge in [0, 0.05) is 26.8 Å². The van der Waals surface area contributed by atoms with Crippen LogP contribution in [0.4, 0.5) is 5.95 Å². The maximum atomic E-state index is 12.3. The number of amides is 1. The van der Waals surface area contributed by atoms with Gasteiger partial charge in [0.1, 0.15) is 15.9 Å². The van der Waals surface area contributed by atoms with Crippen LogP contribution in [0.25, 0.3) is 22.1 Å². The second kappa shape index (κ2) is 8.41. The predicted molar refractivity (Wildman–Crippen MR) is 121 cm³/mol. The van der Waals surface area contributed by atoms with Crippen LogP contribution >= 0.6 is 22.9 Å². The first-order chi connectivity index (χ1) is 15.5. The van der Waals surface area contributed by atoms with Crippen LogP contribution < -0.4 is 10.7 Å². The third-order valence-electron chi connectivity index (χ3n) is 5.35. The molecule has 1 atom stereocenters. The van der Waals surface area contributed by atoms with Crippen molar-refractivity contribution < 1.29 is 4.79 Å². The quantitative estimate of drug-likeness (QED) is 0.543. The molecule has 0 radical (unpaired) electrons. The minimum atomic E-state index is -0.213.